The molecule has 0 aliphatic heterocycles. The van der Waals surface area contributed by atoms with E-state index in [-0.39, 0.29) is 4.57 Å². The number of rotatable bonds is 1. The van der Waals surface area contributed by atoms with E-state index in [9.17, 15) is 27.6 Å². The number of nitrogens with zero attached hydrogens (tertiary/aromatic N) is 1. The van der Waals surface area contributed by atoms with Crippen LogP contribution in [-0.4, -0.2) is 20.6 Å². The Labute approximate surface area is 85.0 Å². The lowest BCUT2D eigenvalue weighted by molar-refractivity contribution is -0.144. The van der Waals surface area contributed by atoms with Gasteiger partial charge in [0, 0.05) is 7.05 Å². The van der Waals surface area contributed by atoms with Crippen LogP contribution in [-0.2, 0) is 13.2 Å². The zero-order valence-corrected chi connectivity index (χ0v) is 7.75. The molecule has 0 saturated carbocycles. The van der Waals surface area contributed by atoms with Crippen LogP contribution in [0, 0.1) is 0 Å². The molecule has 0 saturated heterocycles. The van der Waals surface area contributed by atoms with Gasteiger partial charge in [0.05, 0.1) is 0 Å². The molecule has 6 nitrogen and oxygen atoms in total. The highest BCUT2D eigenvalue weighted by molar-refractivity contribution is 5.88. The Morgan fingerprint density at radius 1 is 1.38 bits per heavy atom. The number of hydrogen-bond acceptors (Lipinski definition) is 3. The first-order valence-corrected chi connectivity index (χ1v) is 3.80. The van der Waals surface area contributed by atoms with E-state index < -0.39 is 34.7 Å². The molecule has 0 unspecified atom stereocenters. The van der Waals surface area contributed by atoms with Crippen LogP contribution in [0.1, 0.15) is 16.1 Å². The van der Waals surface area contributed by atoms with Gasteiger partial charge < -0.3 is 5.11 Å². The van der Waals surface area contributed by atoms with Crippen molar-refractivity contribution < 1.29 is 23.1 Å². The minimum atomic E-state index is -5.10. The molecule has 0 aromatic carbocycles. The zero-order chi connectivity index (χ0) is 12.7. The monoisotopic (exact) mass is 238 g/mol. The minimum absolute atomic E-state index is 0.0326. The number of carboxylic acid groups (broad SMARTS) is 1. The van der Waals surface area contributed by atoms with E-state index in [1.54, 1.807) is 0 Å². The smallest absolute Gasteiger partial charge is 0.432 e. The summed E-state index contributed by atoms with van der Waals surface area (Å²) >= 11 is 0. The predicted octanol–water partition coefficient (Wildman–Crippen LogP) is -0.209. The summed E-state index contributed by atoms with van der Waals surface area (Å²) in [7, 11) is 0.716. The van der Waals surface area contributed by atoms with Crippen molar-refractivity contribution in [3.8, 4) is 0 Å². The fourth-order valence-corrected chi connectivity index (χ4v) is 1.15. The molecule has 0 aliphatic carbocycles. The SMILES string of the molecule is Cn1c(C(F)(F)F)c(C(=O)O)c(=O)[nH]c1=O. The number of carboxylic acids is 1. The van der Waals surface area contributed by atoms with Crippen LogP contribution < -0.4 is 11.2 Å². The molecule has 1 heterocycles. The lowest BCUT2D eigenvalue weighted by Crippen LogP contribution is -2.38. The van der Waals surface area contributed by atoms with E-state index in [1.165, 1.54) is 4.98 Å². The molecule has 0 atom stereocenters. The number of aromatic nitrogens is 2. The molecule has 1 aromatic rings. The number of aromatic amines is 1. The van der Waals surface area contributed by atoms with Crippen LogP contribution in [0.3, 0.4) is 0 Å². The summed E-state index contributed by atoms with van der Waals surface area (Å²) in [5.41, 5.74) is -6.20. The molecular weight excluding hydrogens is 233 g/mol. The average molecular weight is 238 g/mol. The topological polar surface area (TPSA) is 92.2 Å². The Kier molecular flexibility index (Phi) is 2.63. The lowest BCUT2D eigenvalue weighted by atomic mass is 10.2. The van der Waals surface area contributed by atoms with Gasteiger partial charge in [-0.25, -0.2) is 9.59 Å². The first-order valence-electron chi connectivity index (χ1n) is 3.80. The second kappa shape index (κ2) is 3.51. The molecule has 1 rings (SSSR count). The summed E-state index contributed by atoms with van der Waals surface area (Å²) in [5, 5.41) is 8.49. The van der Waals surface area contributed by atoms with E-state index in [0.29, 0.717) is 7.05 Å². The van der Waals surface area contributed by atoms with Gasteiger partial charge in [0.2, 0.25) is 0 Å². The van der Waals surface area contributed by atoms with Gasteiger partial charge >= 0.3 is 17.8 Å². The third-order valence-electron chi connectivity index (χ3n) is 1.81. The van der Waals surface area contributed by atoms with Crippen LogP contribution in [0.25, 0.3) is 0 Å². The second-order valence-electron chi connectivity index (χ2n) is 2.84. The number of halogens is 3. The maximum atomic E-state index is 12.5. The summed E-state index contributed by atoms with van der Waals surface area (Å²) in [4.78, 5) is 33.8. The first kappa shape index (κ1) is 12.0. The van der Waals surface area contributed by atoms with Crippen LogP contribution >= 0.6 is 0 Å². The van der Waals surface area contributed by atoms with E-state index in [4.69, 9.17) is 5.11 Å². The molecule has 16 heavy (non-hydrogen) atoms. The summed E-state index contributed by atoms with van der Waals surface area (Å²) in [6.45, 7) is 0. The van der Waals surface area contributed by atoms with Gasteiger partial charge in [-0.05, 0) is 0 Å². The Bertz CT molecular complexity index is 554. The largest absolute Gasteiger partial charge is 0.477 e. The second-order valence-corrected chi connectivity index (χ2v) is 2.84. The molecular formula is C7H5F3N2O4. The van der Waals surface area contributed by atoms with Gasteiger partial charge in [0.15, 0.2) is 5.56 Å². The molecule has 0 amide bonds. The number of carbonyl (C=O) groups is 1. The molecule has 2 N–H and O–H groups in total. The number of aromatic carboxylic acids is 1. The van der Waals surface area contributed by atoms with Crippen molar-refractivity contribution in [3.05, 3.63) is 32.1 Å². The Hall–Kier alpha value is -2.06. The van der Waals surface area contributed by atoms with E-state index in [1.807, 2.05) is 0 Å². The number of nitrogens with one attached hydrogen (secondary N) is 1. The number of hydrogen-bond donors (Lipinski definition) is 2. The van der Waals surface area contributed by atoms with Gasteiger partial charge in [-0.15, -0.1) is 0 Å². The summed E-state index contributed by atoms with van der Waals surface area (Å²) in [6, 6.07) is 0. The highest BCUT2D eigenvalue weighted by atomic mass is 19.4. The number of H-pyrrole nitrogens is 1. The van der Waals surface area contributed by atoms with Crippen molar-refractivity contribution in [1.82, 2.24) is 9.55 Å². The normalized spacial score (nSPS) is 11.5. The molecule has 0 bridgehead atoms. The minimum Gasteiger partial charge on any atom is -0.477 e. The fourth-order valence-electron chi connectivity index (χ4n) is 1.15. The molecule has 1 aromatic heterocycles. The molecule has 0 radical (unpaired) electrons. The van der Waals surface area contributed by atoms with Crippen molar-refractivity contribution in [2.75, 3.05) is 0 Å². The van der Waals surface area contributed by atoms with E-state index in [0.717, 1.165) is 0 Å². The van der Waals surface area contributed by atoms with Crippen LogP contribution in [0.2, 0.25) is 0 Å². The molecule has 9 heteroatoms. The van der Waals surface area contributed by atoms with Crippen LogP contribution in [0.4, 0.5) is 13.2 Å². The van der Waals surface area contributed by atoms with Gasteiger partial charge in [0.1, 0.15) is 5.69 Å². The zero-order valence-electron chi connectivity index (χ0n) is 7.75. The van der Waals surface area contributed by atoms with Crippen molar-refractivity contribution in [2.45, 2.75) is 6.18 Å². The number of alkyl halides is 3. The molecule has 0 aliphatic rings. The van der Waals surface area contributed by atoms with Gasteiger partial charge in [-0.2, -0.15) is 13.2 Å². The highest BCUT2D eigenvalue weighted by Crippen LogP contribution is 2.29. The fraction of sp³-hybridized carbons (Fsp3) is 0.286. The quantitative estimate of drug-likeness (QED) is 0.708. The summed E-state index contributed by atoms with van der Waals surface area (Å²) in [6.07, 6.45) is -5.10. The molecule has 0 spiro atoms. The Balaban J connectivity index is 3.88. The maximum absolute atomic E-state index is 12.5. The maximum Gasteiger partial charge on any atom is 0.432 e. The van der Waals surface area contributed by atoms with Gasteiger partial charge in [-0.3, -0.25) is 14.3 Å². The Morgan fingerprint density at radius 3 is 2.25 bits per heavy atom. The standard InChI is InChI=1S/C7H5F3N2O4/c1-12-3(7(8,9)10)2(5(14)15)4(13)11-6(12)16/h1H3,(H,14,15)(H,11,13,16). The van der Waals surface area contributed by atoms with Crippen LogP contribution in [0.5, 0.6) is 0 Å². The van der Waals surface area contributed by atoms with Crippen molar-refractivity contribution in [2.24, 2.45) is 7.05 Å². The van der Waals surface area contributed by atoms with Gasteiger partial charge in [0.25, 0.3) is 5.56 Å². The third kappa shape index (κ3) is 1.83. The van der Waals surface area contributed by atoms with Crippen molar-refractivity contribution in [1.29, 1.82) is 0 Å². The van der Waals surface area contributed by atoms with Crippen molar-refractivity contribution >= 4 is 5.97 Å². The lowest BCUT2D eigenvalue weighted by Gasteiger charge is -2.12. The summed E-state index contributed by atoms with van der Waals surface area (Å²) < 4.78 is 37.4. The van der Waals surface area contributed by atoms with E-state index in [2.05, 4.69) is 0 Å². The predicted molar refractivity (Wildman–Crippen MR) is 44.3 cm³/mol. The highest BCUT2D eigenvalue weighted by Gasteiger charge is 2.40. The molecule has 0 fully saturated rings. The van der Waals surface area contributed by atoms with Crippen molar-refractivity contribution in [3.63, 3.8) is 0 Å². The summed E-state index contributed by atoms with van der Waals surface area (Å²) in [5.74, 6) is -2.05. The Morgan fingerprint density at radius 2 is 1.88 bits per heavy atom. The van der Waals surface area contributed by atoms with Gasteiger partial charge in [-0.1, -0.05) is 0 Å². The third-order valence-corrected chi connectivity index (χ3v) is 1.81. The van der Waals surface area contributed by atoms with E-state index >= 15 is 0 Å². The molecule has 88 valence electrons. The first-order chi connectivity index (χ1) is 7.16. The van der Waals surface area contributed by atoms with Crippen LogP contribution in [0.15, 0.2) is 9.59 Å². The average Bonchev–Trinajstić information content (AvgIpc) is 2.07.